The summed E-state index contributed by atoms with van der Waals surface area (Å²) in [5, 5.41) is 6.27. The highest BCUT2D eigenvalue weighted by molar-refractivity contribution is 6.30. The number of hydrogen-bond acceptors (Lipinski definition) is 4. The molecule has 1 aliphatic heterocycles. The molecule has 2 aliphatic rings. The molecule has 1 amide bonds. The van der Waals surface area contributed by atoms with E-state index < -0.39 is 5.82 Å². The Bertz CT molecular complexity index is 598. The third-order valence-corrected chi connectivity index (χ3v) is 4.83. The molecule has 7 heteroatoms. The summed E-state index contributed by atoms with van der Waals surface area (Å²) in [5.41, 5.74) is 0.731. The Kier molecular flexibility index (Phi) is 6.64. The van der Waals surface area contributed by atoms with Gasteiger partial charge in [0.1, 0.15) is 12.4 Å². The molecule has 1 saturated carbocycles. The van der Waals surface area contributed by atoms with Gasteiger partial charge < -0.3 is 20.1 Å². The van der Waals surface area contributed by atoms with Crippen LogP contribution in [0.5, 0.6) is 0 Å². The molecular formula is C18H24ClFN2O3. The molecule has 1 aromatic carbocycles. The van der Waals surface area contributed by atoms with Crippen LogP contribution in [0.1, 0.15) is 24.5 Å². The van der Waals surface area contributed by atoms with Gasteiger partial charge in [-0.15, -0.1) is 0 Å². The highest BCUT2D eigenvalue weighted by Gasteiger charge is 2.27. The van der Waals surface area contributed by atoms with Gasteiger partial charge in [0, 0.05) is 25.6 Å². The summed E-state index contributed by atoms with van der Waals surface area (Å²) in [5.74, 6) is 0.0362. The number of amides is 1. The van der Waals surface area contributed by atoms with E-state index in [4.69, 9.17) is 21.1 Å². The largest absolute Gasteiger partial charge is 0.372 e. The smallest absolute Gasteiger partial charge is 0.246 e. The van der Waals surface area contributed by atoms with E-state index >= 15 is 0 Å². The Morgan fingerprint density at radius 3 is 3.04 bits per heavy atom. The second-order valence-corrected chi connectivity index (χ2v) is 7.10. The van der Waals surface area contributed by atoms with Crippen molar-refractivity contribution < 1.29 is 18.7 Å². The molecule has 1 saturated heterocycles. The molecule has 3 rings (SSSR count). The van der Waals surface area contributed by atoms with E-state index in [1.54, 1.807) is 6.07 Å². The summed E-state index contributed by atoms with van der Waals surface area (Å²) in [6.45, 7) is 3.11. The molecule has 0 radical (unpaired) electrons. The molecule has 2 fully saturated rings. The zero-order chi connectivity index (χ0) is 17.6. The first-order valence-corrected chi connectivity index (χ1v) is 9.13. The van der Waals surface area contributed by atoms with Crippen LogP contribution in [0.3, 0.4) is 0 Å². The molecule has 5 nitrogen and oxygen atoms in total. The van der Waals surface area contributed by atoms with Gasteiger partial charge in [0.15, 0.2) is 0 Å². The van der Waals surface area contributed by atoms with E-state index in [1.807, 2.05) is 0 Å². The minimum atomic E-state index is -0.462. The van der Waals surface area contributed by atoms with Crippen LogP contribution in [-0.4, -0.2) is 45.4 Å². The fraction of sp³-hybridized carbons (Fsp3) is 0.611. The molecule has 138 valence electrons. The summed E-state index contributed by atoms with van der Waals surface area (Å²) in [6.07, 6.45) is 2.10. The quantitative estimate of drug-likeness (QED) is 0.773. The number of nitrogens with one attached hydrogen (secondary N) is 2. The van der Waals surface area contributed by atoms with Crippen LogP contribution in [0.4, 0.5) is 4.39 Å². The Morgan fingerprint density at radius 2 is 2.28 bits per heavy atom. The highest BCUT2D eigenvalue weighted by Crippen LogP contribution is 2.30. The maximum Gasteiger partial charge on any atom is 0.246 e. The number of halogens is 2. The predicted molar refractivity (Wildman–Crippen MR) is 93.0 cm³/mol. The molecule has 1 aliphatic carbocycles. The van der Waals surface area contributed by atoms with E-state index in [9.17, 15) is 9.18 Å². The van der Waals surface area contributed by atoms with Crippen molar-refractivity contribution in [2.75, 3.05) is 39.5 Å². The molecule has 25 heavy (non-hydrogen) atoms. The number of hydrogen-bond donors (Lipinski definition) is 2. The zero-order valence-corrected chi connectivity index (χ0v) is 14.9. The van der Waals surface area contributed by atoms with Crippen molar-refractivity contribution in [3.8, 4) is 0 Å². The maximum absolute atomic E-state index is 13.8. The molecule has 2 atom stereocenters. The van der Waals surface area contributed by atoms with Gasteiger partial charge in [-0.1, -0.05) is 17.7 Å². The van der Waals surface area contributed by atoms with Crippen molar-refractivity contribution in [1.82, 2.24) is 10.6 Å². The van der Waals surface area contributed by atoms with Crippen molar-refractivity contribution in [3.63, 3.8) is 0 Å². The van der Waals surface area contributed by atoms with Gasteiger partial charge in [-0.25, -0.2) is 4.39 Å². The summed E-state index contributed by atoms with van der Waals surface area (Å²) >= 11 is 5.77. The van der Waals surface area contributed by atoms with Crippen LogP contribution in [0.2, 0.25) is 5.02 Å². The summed E-state index contributed by atoms with van der Waals surface area (Å²) in [7, 11) is 0. The Labute approximate surface area is 152 Å². The van der Waals surface area contributed by atoms with Crippen LogP contribution < -0.4 is 10.6 Å². The SMILES string of the molecule is O=C(COCC1CC1)NCC1CNCCOC1c1ccc(Cl)c(F)c1. The fourth-order valence-corrected chi connectivity index (χ4v) is 3.04. The van der Waals surface area contributed by atoms with Crippen LogP contribution in [0, 0.1) is 17.7 Å². The van der Waals surface area contributed by atoms with Crippen molar-refractivity contribution in [2.45, 2.75) is 18.9 Å². The summed E-state index contributed by atoms with van der Waals surface area (Å²) in [6, 6.07) is 4.72. The Balaban J connectivity index is 1.55. The lowest BCUT2D eigenvalue weighted by molar-refractivity contribution is -0.126. The molecule has 2 N–H and O–H groups in total. The van der Waals surface area contributed by atoms with Crippen LogP contribution >= 0.6 is 11.6 Å². The predicted octanol–water partition coefficient (Wildman–Crippen LogP) is 2.30. The zero-order valence-electron chi connectivity index (χ0n) is 14.1. The van der Waals surface area contributed by atoms with Crippen LogP contribution in [-0.2, 0) is 14.3 Å². The topological polar surface area (TPSA) is 59.6 Å². The Morgan fingerprint density at radius 1 is 1.44 bits per heavy atom. The summed E-state index contributed by atoms with van der Waals surface area (Å²) < 4.78 is 25.1. The van der Waals surface area contributed by atoms with Crippen molar-refractivity contribution >= 4 is 17.5 Å². The lowest BCUT2D eigenvalue weighted by Crippen LogP contribution is -2.38. The molecule has 0 aromatic heterocycles. The lowest BCUT2D eigenvalue weighted by atomic mass is 9.95. The van der Waals surface area contributed by atoms with E-state index in [1.165, 1.54) is 25.0 Å². The first-order valence-electron chi connectivity index (χ1n) is 8.75. The first-order chi connectivity index (χ1) is 12.1. The van der Waals surface area contributed by atoms with E-state index in [2.05, 4.69) is 10.6 Å². The van der Waals surface area contributed by atoms with E-state index in [0.717, 1.165) is 12.1 Å². The van der Waals surface area contributed by atoms with Gasteiger partial charge in [-0.05, 0) is 36.5 Å². The highest BCUT2D eigenvalue weighted by atomic mass is 35.5. The van der Waals surface area contributed by atoms with Crippen molar-refractivity contribution in [2.24, 2.45) is 11.8 Å². The molecule has 2 unspecified atom stereocenters. The molecule has 1 heterocycles. The first kappa shape index (κ1) is 18.6. The van der Waals surface area contributed by atoms with Gasteiger partial charge in [0.2, 0.25) is 5.91 Å². The van der Waals surface area contributed by atoms with E-state index in [0.29, 0.717) is 32.2 Å². The third kappa shape index (κ3) is 5.64. The van der Waals surface area contributed by atoms with Crippen LogP contribution in [0.15, 0.2) is 18.2 Å². The average molecular weight is 371 g/mol. The standard InChI is InChI=1S/C18H24ClFN2O3/c19-15-4-3-13(7-16(15)20)18-14(8-21-5-6-25-18)9-22-17(23)11-24-10-12-1-2-12/h3-4,7,12,14,18,21H,1-2,5-6,8-11H2,(H,22,23). The van der Waals surface area contributed by atoms with Gasteiger partial charge in [0.05, 0.1) is 24.3 Å². The minimum absolute atomic E-state index is 0.00421. The lowest BCUT2D eigenvalue weighted by Gasteiger charge is -2.25. The number of carbonyl (C=O) groups excluding carboxylic acids is 1. The number of benzene rings is 1. The normalized spacial score (nSPS) is 23.9. The van der Waals surface area contributed by atoms with Crippen LogP contribution in [0.25, 0.3) is 0 Å². The third-order valence-electron chi connectivity index (χ3n) is 4.53. The maximum atomic E-state index is 13.8. The monoisotopic (exact) mass is 370 g/mol. The fourth-order valence-electron chi connectivity index (χ4n) is 2.92. The minimum Gasteiger partial charge on any atom is -0.372 e. The second-order valence-electron chi connectivity index (χ2n) is 6.69. The van der Waals surface area contributed by atoms with Crippen molar-refractivity contribution in [3.05, 3.63) is 34.6 Å². The molecule has 0 spiro atoms. The van der Waals surface area contributed by atoms with Crippen molar-refractivity contribution in [1.29, 1.82) is 0 Å². The summed E-state index contributed by atoms with van der Waals surface area (Å²) in [4.78, 5) is 11.9. The molecule has 0 bridgehead atoms. The number of rotatable bonds is 7. The molecular weight excluding hydrogens is 347 g/mol. The van der Waals surface area contributed by atoms with Gasteiger partial charge in [-0.2, -0.15) is 0 Å². The number of ether oxygens (including phenoxy) is 2. The number of carbonyl (C=O) groups is 1. The van der Waals surface area contributed by atoms with Gasteiger partial charge in [-0.3, -0.25) is 4.79 Å². The van der Waals surface area contributed by atoms with Gasteiger partial charge >= 0.3 is 0 Å². The van der Waals surface area contributed by atoms with E-state index in [-0.39, 0.29) is 29.6 Å². The average Bonchev–Trinajstić information content (AvgIpc) is 3.42. The Hall–Kier alpha value is -1.21. The second kappa shape index (κ2) is 8.94. The van der Waals surface area contributed by atoms with Gasteiger partial charge in [0.25, 0.3) is 0 Å². The molecule has 1 aromatic rings.